The number of nitrogens with two attached hydrogens (primary N) is 1. The smallest absolute Gasteiger partial charge is 0.321 e. The minimum Gasteiger partial charge on any atom is -0.398 e. The number of carbonyl (C=O) groups is 1. The highest BCUT2D eigenvalue weighted by atomic mass is 16.2. The van der Waals surface area contributed by atoms with Crippen LogP contribution in [-0.2, 0) is 0 Å². The zero-order chi connectivity index (χ0) is 16.7. The number of para-hydroxylation sites is 1. The Bertz CT molecular complexity index is 655. The molecule has 23 heavy (non-hydrogen) atoms. The predicted molar refractivity (Wildman–Crippen MR) is 97.6 cm³/mol. The van der Waals surface area contributed by atoms with Gasteiger partial charge in [-0.3, -0.25) is 4.90 Å². The lowest BCUT2D eigenvalue weighted by molar-refractivity contribution is 0.247. The van der Waals surface area contributed by atoms with Gasteiger partial charge in [-0.25, -0.2) is 4.79 Å². The summed E-state index contributed by atoms with van der Waals surface area (Å²) in [5, 5.41) is 2.95. The summed E-state index contributed by atoms with van der Waals surface area (Å²) in [6.07, 6.45) is 3.29. The van der Waals surface area contributed by atoms with E-state index in [4.69, 9.17) is 5.73 Å². The Balaban J connectivity index is 2.10. The Morgan fingerprint density at radius 3 is 2.65 bits per heavy atom. The molecule has 0 aliphatic heterocycles. The van der Waals surface area contributed by atoms with Crippen LogP contribution < -0.4 is 16.0 Å². The van der Waals surface area contributed by atoms with Crippen molar-refractivity contribution in [3.63, 3.8) is 0 Å². The molecule has 0 aliphatic carbocycles. The van der Waals surface area contributed by atoms with Gasteiger partial charge in [0.2, 0.25) is 0 Å². The van der Waals surface area contributed by atoms with E-state index in [0.717, 1.165) is 41.8 Å². The molecule has 0 saturated carbocycles. The van der Waals surface area contributed by atoms with E-state index in [2.05, 4.69) is 12.2 Å². The van der Waals surface area contributed by atoms with Crippen molar-refractivity contribution in [3.05, 3.63) is 48.5 Å². The number of amides is 2. The summed E-state index contributed by atoms with van der Waals surface area (Å²) < 4.78 is 0. The fourth-order valence-electron chi connectivity index (χ4n) is 2.45. The van der Waals surface area contributed by atoms with Crippen LogP contribution in [-0.4, -0.2) is 19.6 Å². The van der Waals surface area contributed by atoms with Crippen molar-refractivity contribution in [2.24, 2.45) is 0 Å². The molecule has 2 aromatic carbocycles. The molecule has 0 fully saturated rings. The molecule has 0 aliphatic rings. The largest absolute Gasteiger partial charge is 0.398 e. The number of urea groups is 1. The zero-order valence-electron chi connectivity index (χ0n) is 13.9. The van der Waals surface area contributed by atoms with Gasteiger partial charge >= 0.3 is 6.03 Å². The van der Waals surface area contributed by atoms with Crippen LogP contribution in [0.2, 0.25) is 0 Å². The van der Waals surface area contributed by atoms with E-state index in [1.807, 2.05) is 48.5 Å². The Labute approximate surface area is 138 Å². The summed E-state index contributed by atoms with van der Waals surface area (Å²) in [5.41, 5.74) is 9.60. The van der Waals surface area contributed by atoms with E-state index in [0.29, 0.717) is 6.54 Å². The first kappa shape index (κ1) is 16.9. The third-order valence-corrected chi connectivity index (χ3v) is 3.87. The molecule has 0 bridgehead atoms. The lowest BCUT2D eigenvalue weighted by Crippen LogP contribution is -2.37. The minimum atomic E-state index is -0.0840. The van der Waals surface area contributed by atoms with Gasteiger partial charge in [0, 0.05) is 30.5 Å². The lowest BCUT2D eigenvalue weighted by atomic mass is 10.0. The molecule has 3 N–H and O–H groups in total. The molecule has 0 unspecified atom stereocenters. The van der Waals surface area contributed by atoms with Gasteiger partial charge < -0.3 is 11.1 Å². The molecule has 2 aromatic rings. The van der Waals surface area contributed by atoms with E-state index in [1.165, 1.54) is 0 Å². The molecule has 122 valence electrons. The summed E-state index contributed by atoms with van der Waals surface area (Å²) >= 11 is 0. The molecule has 2 rings (SSSR count). The minimum absolute atomic E-state index is 0.0840. The summed E-state index contributed by atoms with van der Waals surface area (Å²) in [5.74, 6) is 0. The highest BCUT2D eigenvalue weighted by Crippen LogP contribution is 2.28. The molecule has 4 heteroatoms. The van der Waals surface area contributed by atoms with Gasteiger partial charge in [-0.1, -0.05) is 50.1 Å². The van der Waals surface area contributed by atoms with Crippen molar-refractivity contribution < 1.29 is 4.79 Å². The normalized spacial score (nSPS) is 10.3. The lowest BCUT2D eigenvalue weighted by Gasteiger charge is -2.19. The van der Waals surface area contributed by atoms with Crippen molar-refractivity contribution in [2.45, 2.75) is 26.2 Å². The van der Waals surface area contributed by atoms with Crippen LogP contribution in [0.4, 0.5) is 16.2 Å². The van der Waals surface area contributed by atoms with Crippen LogP contribution in [0, 0.1) is 0 Å². The molecule has 2 amide bonds. The maximum Gasteiger partial charge on any atom is 0.321 e. The standard InChI is InChI=1S/C19H25N3O/c1-3-4-7-13-21-19(23)22(2)16-10-8-9-15(14-16)17-11-5-6-12-18(17)20/h5-6,8-12,14H,3-4,7,13,20H2,1-2H3,(H,21,23). The fraction of sp³-hybridized carbons (Fsp3) is 0.316. The number of nitrogens with one attached hydrogen (secondary N) is 1. The van der Waals surface area contributed by atoms with Gasteiger partial charge in [-0.2, -0.15) is 0 Å². The zero-order valence-corrected chi connectivity index (χ0v) is 13.9. The highest BCUT2D eigenvalue weighted by molar-refractivity contribution is 5.92. The SMILES string of the molecule is CCCCCNC(=O)N(C)c1cccc(-c2ccccc2N)c1. The molecule has 0 heterocycles. The summed E-state index contributed by atoms with van der Waals surface area (Å²) in [4.78, 5) is 13.8. The van der Waals surface area contributed by atoms with Gasteiger partial charge in [-0.05, 0) is 30.2 Å². The van der Waals surface area contributed by atoms with Crippen LogP contribution in [0.5, 0.6) is 0 Å². The Morgan fingerprint density at radius 1 is 1.13 bits per heavy atom. The molecule has 0 saturated heterocycles. The average Bonchev–Trinajstić information content (AvgIpc) is 2.58. The first-order valence-corrected chi connectivity index (χ1v) is 8.10. The van der Waals surface area contributed by atoms with E-state index in [-0.39, 0.29) is 6.03 Å². The molecule has 0 radical (unpaired) electrons. The number of carbonyl (C=O) groups excluding carboxylic acids is 1. The Kier molecular flexibility index (Phi) is 6.03. The number of benzene rings is 2. The molecule has 0 aromatic heterocycles. The summed E-state index contributed by atoms with van der Waals surface area (Å²) in [7, 11) is 1.78. The molecular formula is C19H25N3O. The Hall–Kier alpha value is -2.49. The van der Waals surface area contributed by atoms with Crippen molar-refractivity contribution in [1.29, 1.82) is 0 Å². The first-order chi connectivity index (χ1) is 11.1. The summed E-state index contributed by atoms with van der Waals surface area (Å²) in [6.45, 7) is 2.86. The maximum absolute atomic E-state index is 12.2. The van der Waals surface area contributed by atoms with Crippen LogP contribution in [0.3, 0.4) is 0 Å². The topological polar surface area (TPSA) is 58.4 Å². The second-order valence-corrected chi connectivity index (χ2v) is 5.64. The quantitative estimate of drug-likeness (QED) is 0.618. The number of hydrogen-bond acceptors (Lipinski definition) is 2. The second kappa shape index (κ2) is 8.22. The van der Waals surface area contributed by atoms with Crippen molar-refractivity contribution in [3.8, 4) is 11.1 Å². The van der Waals surface area contributed by atoms with E-state index < -0.39 is 0 Å². The highest BCUT2D eigenvalue weighted by Gasteiger charge is 2.11. The number of rotatable bonds is 6. The van der Waals surface area contributed by atoms with Crippen LogP contribution in [0.15, 0.2) is 48.5 Å². The van der Waals surface area contributed by atoms with E-state index >= 15 is 0 Å². The van der Waals surface area contributed by atoms with E-state index in [1.54, 1.807) is 11.9 Å². The van der Waals surface area contributed by atoms with Crippen LogP contribution >= 0.6 is 0 Å². The van der Waals surface area contributed by atoms with Gasteiger partial charge in [-0.15, -0.1) is 0 Å². The van der Waals surface area contributed by atoms with Crippen LogP contribution in [0.25, 0.3) is 11.1 Å². The van der Waals surface area contributed by atoms with Gasteiger partial charge in [0.1, 0.15) is 0 Å². The summed E-state index contributed by atoms with van der Waals surface area (Å²) in [6, 6.07) is 15.5. The van der Waals surface area contributed by atoms with Crippen molar-refractivity contribution in [1.82, 2.24) is 5.32 Å². The fourth-order valence-corrected chi connectivity index (χ4v) is 2.45. The van der Waals surface area contributed by atoms with E-state index in [9.17, 15) is 4.79 Å². The average molecular weight is 311 g/mol. The maximum atomic E-state index is 12.2. The second-order valence-electron chi connectivity index (χ2n) is 5.64. The van der Waals surface area contributed by atoms with Crippen molar-refractivity contribution in [2.75, 3.05) is 24.2 Å². The monoisotopic (exact) mass is 311 g/mol. The third kappa shape index (κ3) is 4.49. The molecule has 4 nitrogen and oxygen atoms in total. The Morgan fingerprint density at radius 2 is 1.91 bits per heavy atom. The number of unbranched alkanes of at least 4 members (excludes halogenated alkanes) is 2. The van der Waals surface area contributed by atoms with Gasteiger partial charge in [0.25, 0.3) is 0 Å². The first-order valence-electron chi connectivity index (χ1n) is 8.10. The number of anilines is 2. The molecular weight excluding hydrogens is 286 g/mol. The number of nitrogens with zero attached hydrogens (tertiary/aromatic N) is 1. The predicted octanol–water partition coefficient (Wildman–Crippen LogP) is 4.27. The number of nitrogen functional groups attached to an aromatic ring is 1. The third-order valence-electron chi connectivity index (χ3n) is 3.87. The number of hydrogen-bond donors (Lipinski definition) is 2. The van der Waals surface area contributed by atoms with Crippen molar-refractivity contribution >= 4 is 17.4 Å². The van der Waals surface area contributed by atoms with Crippen LogP contribution in [0.1, 0.15) is 26.2 Å². The van der Waals surface area contributed by atoms with Gasteiger partial charge in [0.05, 0.1) is 0 Å². The molecule has 0 spiro atoms. The molecule has 0 atom stereocenters. The van der Waals surface area contributed by atoms with Gasteiger partial charge in [0.15, 0.2) is 0 Å².